The molecule has 0 saturated heterocycles. The second-order valence-corrected chi connectivity index (χ2v) is 20.6. The highest BCUT2D eigenvalue weighted by atomic mass is 31.0. The summed E-state index contributed by atoms with van der Waals surface area (Å²) in [7, 11) is 3.42. The Bertz CT molecular complexity index is 1850. The van der Waals surface area contributed by atoms with Crippen molar-refractivity contribution < 1.29 is 71.2 Å². The minimum atomic E-state index is -1.05. The number of hydrogen-bond donors (Lipinski definition) is 0. The number of carbonyl (C=O) groups excluding carboxylic acids is 7. The molecule has 0 amide bonds. The SMILES string of the molecule is CCCCCCCCCCCCCCCC(=O)OCC(COC(=O)CCCCCCCCCCCCCCC)OC(=O)CCC(=O)OCCCC(=O)Oc1c(C/C=C(\C)CCC(=O)OP)c(OC)c(C)c2c1C(=O)OC2. The first-order valence-corrected chi connectivity index (χ1v) is 29.6. The Balaban J connectivity index is 1.85. The zero-order chi connectivity index (χ0) is 55.6. The maximum atomic E-state index is 13.2. The van der Waals surface area contributed by atoms with Crippen LogP contribution in [0.4, 0.5) is 0 Å². The van der Waals surface area contributed by atoms with E-state index in [0.717, 1.165) is 44.1 Å². The summed E-state index contributed by atoms with van der Waals surface area (Å²) in [5, 5.41) is 0. The summed E-state index contributed by atoms with van der Waals surface area (Å²) in [6.45, 7) is 7.39. The number of carbonyl (C=O) groups is 7. The average Bonchev–Trinajstić information content (AvgIpc) is 3.81. The fourth-order valence-corrected chi connectivity index (χ4v) is 9.27. The van der Waals surface area contributed by atoms with E-state index < -0.39 is 41.9 Å². The van der Waals surface area contributed by atoms with Crippen LogP contribution in [0, 0.1) is 6.92 Å². The lowest BCUT2D eigenvalue weighted by molar-refractivity contribution is -0.167. The number of ether oxygens (including phenoxy) is 7. The number of rotatable bonds is 47. The fraction of sp³-hybridized carbons (Fsp3) is 0.750. The van der Waals surface area contributed by atoms with Crippen LogP contribution in [-0.4, -0.2) is 74.8 Å². The Morgan fingerprint density at radius 1 is 0.539 bits per heavy atom. The second-order valence-electron chi connectivity index (χ2n) is 20.4. The van der Waals surface area contributed by atoms with Crippen LogP contribution in [0.15, 0.2) is 11.6 Å². The van der Waals surface area contributed by atoms with Crippen LogP contribution in [0.5, 0.6) is 11.5 Å². The molecule has 15 nitrogen and oxygen atoms in total. The Labute approximate surface area is 458 Å². The lowest BCUT2D eigenvalue weighted by Gasteiger charge is -2.19. The summed E-state index contributed by atoms with van der Waals surface area (Å²) < 4.78 is 43.3. The second kappa shape index (κ2) is 43.5. The molecular formula is C60H97O15P. The molecule has 1 unspecified atom stereocenters. The summed E-state index contributed by atoms with van der Waals surface area (Å²) in [6, 6.07) is 0. The number of allylic oxidation sites excluding steroid dienone is 2. The zero-order valence-corrected chi connectivity index (χ0v) is 48.6. The molecule has 1 aliphatic heterocycles. The number of hydrogen-bond acceptors (Lipinski definition) is 15. The molecule has 0 aromatic heterocycles. The topological polar surface area (TPSA) is 193 Å². The third-order valence-corrected chi connectivity index (χ3v) is 14.1. The number of cyclic esters (lactones) is 1. The molecule has 0 saturated carbocycles. The molecule has 76 heavy (non-hydrogen) atoms. The van der Waals surface area contributed by atoms with Gasteiger partial charge in [-0.15, -0.1) is 0 Å². The van der Waals surface area contributed by atoms with Crippen LogP contribution in [0.25, 0.3) is 0 Å². The van der Waals surface area contributed by atoms with E-state index in [1.54, 1.807) is 6.92 Å². The van der Waals surface area contributed by atoms with Crippen LogP contribution in [-0.2, 0) is 70.0 Å². The van der Waals surface area contributed by atoms with Crippen LogP contribution in [0.2, 0.25) is 0 Å². The van der Waals surface area contributed by atoms with E-state index in [1.165, 1.54) is 123 Å². The van der Waals surface area contributed by atoms with Crippen molar-refractivity contribution >= 4 is 51.3 Å². The molecule has 0 aliphatic carbocycles. The molecule has 0 spiro atoms. The fourth-order valence-electron chi connectivity index (χ4n) is 9.15. The molecule has 0 bridgehead atoms. The normalized spacial score (nSPS) is 12.0. The van der Waals surface area contributed by atoms with Gasteiger partial charge < -0.3 is 37.7 Å². The summed E-state index contributed by atoms with van der Waals surface area (Å²) in [5.74, 6) is -3.52. The van der Waals surface area contributed by atoms with E-state index >= 15 is 0 Å². The zero-order valence-electron chi connectivity index (χ0n) is 47.4. The van der Waals surface area contributed by atoms with Gasteiger partial charge in [0.25, 0.3) is 0 Å². The predicted molar refractivity (Wildman–Crippen MR) is 297 cm³/mol. The van der Waals surface area contributed by atoms with Crippen LogP contribution in [0.3, 0.4) is 0 Å². The highest BCUT2D eigenvalue weighted by Crippen LogP contribution is 2.43. The smallest absolute Gasteiger partial charge is 0.342 e. The molecule has 1 atom stereocenters. The molecule has 432 valence electrons. The van der Waals surface area contributed by atoms with E-state index in [2.05, 4.69) is 18.4 Å². The molecule has 1 aromatic rings. The van der Waals surface area contributed by atoms with Gasteiger partial charge in [-0.3, -0.25) is 28.8 Å². The van der Waals surface area contributed by atoms with E-state index in [-0.39, 0.29) is 95.1 Å². The third kappa shape index (κ3) is 31.0. The molecular weight excluding hydrogens is 992 g/mol. The molecule has 2 rings (SSSR count). The van der Waals surface area contributed by atoms with Gasteiger partial charge in [0.2, 0.25) is 0 Å². The summed E-state index contributed by atoms with van der Waals surface area (Å²) >= 11 is 0. The van der Waals surface area contributed by atoms with Crippen LogP contribution >= 0.6 is 9.47 Å². The minimum absolute atomic E-state index is 0.00260. The Hall–Kier alpha value is -4.52. The van der Waals surface area contributed by atoms with Crippen molar-refractivity contribution in [3.8, 4) is 11.5 Å². The van der Waals surface area contributed by atoms with Gasteiger partial charge in [0, 0.05) is 36.8 Å². The molecule has 1 aliphatic rings. The van der Waals surface area contributed by atoms with Gasteiger partial charge in [-0.25, -0.2) is 4.79 Å². The highest BCUT2D eigenvalue weighted by Gasteiger charge is 2.34. The van der Waals surface area contributed by atoms with E-state index in [4.69, 9.17) is 33.2 Å². The Morgan fingerprint density at radius 2 is 0.974 bits per heavy atom. The van der Waals surface area contributed by atoms with Crippen molar-refractivity contribution in [2.45, 2.75) is 265 Å². The van der Waals surface area contributed by atoms with Crippen molar-refractivity contribution in [3.05, 3.63) is 33.9 Å². The number of fused-ring (bicyclic) bond motifs is 1. The van der Waals surface area contributed by atoms with Gasteiger partial charge >= 0.3 is 41.8 Å². The summed E-state index contributed by atoms with van der Waals surface area (Å²) in [5.41, 5.74) is 2.72. The van der Waals surface area contributed by atoms with Gasteiger partial charge in [-0.1, -0.05) is 180 Å². The quantitative estimate of drug-likeness (QED) is 0.0149. The van der Waals surface area contributed by atoms with Gasteiger partial charge in [-0.2, -0.15) is 0 Å². The maximum Gasteiger partial charge on any atom is 0.342 e. The largest absolute Gasteiger partial charge is 0.496 e. The molecule has 1 heterocycles. The van der Waals surface area contributed by atoms with E-state index in [1.807, 2.05) is 22.5 Å². The van der Waals surface area contributed by atoms with Crippen molar-refractivity contribution in [3.63, 3.8) is 0 Å². The molecule has 0 radical (unpaired) electrons. The predicted octanol–water partition coefficient (Wildman–Crippen LogP) is 14.2. The van der Waals surface area contributed by atoms with E-state index in [9.17, 15) is 33.6 Å². The van der Waals surface area contributed by atoms with Gasteiger partial charge in [0.1, 0.15) is 31.1 Å². The Kier molecular flexibility index (Phi) is 38.7. The Morgan fingerprint density at radius 3 is 1.45 bits per heavy atom. The average molecular weight is 1090 g/mol. The maximum absolute atomic E-state index is 13.2. The van der Waals surface area contributed by atoms with Gasteiger partial charge in [0.05, 0.1) is 36.0 Å². The van der Waals surface area contributed by atoms with Crippen LogP contribution in [0.1, 0.15) is 266 Å². The molecule has 0 fully saturated rings. The lowest BCUT2D eigenvalue weighted by Crippen LogP contribution is -2.31. The van der Waals surface area contributed by atoms with Gasteiger partial charge in [0.15, 0.2) is 11.9 Å². The highest BCUT2D eigenvalue weighted by molar-refractivity contribution is 7.10. The number of esters is 6. The monoisotopic (exact) mass is 1090 g/mol. The number of unbranched alkanes of at least 4 members (excludes halogenated alkanes) is 24. The first kappa shape index (κ1) is 67.6. The first-order valence-electron chi connectivity index (χ1n) is 29.2. The summed E-state index contributed by atoms with van der Waals surface area (Å²) in [4.78, 5) is 88.9. The number of methoxy groups -OCH3 is 1. The minimum Gasteiger partial charge on any atom is -0.496 e. The lowest BCUT2D eigenvalue weighted by atomic mass is 9.94. The molecule has 1 aromatic carbocycles. The van der Waals surface area contributed by atoms with Crippen molar-refractivity contribution in [2.75, 3.05) is 26.9 Å². The van der Waals surface area contributed by atoms with Crippen molar-refractivity contribution in [1.29, 1.82) is 0 Å². The van der Waals surface area contributed by atoms with E-state index in [0.29, 0.717) is 41.7 Å². The molecule has 16 heteroatoms. The van der Waals surface area contributed by atoms with Gasteiger partial charge in [-0.05, 0) is 51.5 Å². The summed E-state index contributed by atoms with van der Waals surface area (Å²) in [6.07, 6.45) is 32.3. The number of benzene rings is 1. The first-order chi connectivity index (χ1) is 36.8. The van der Waals surface area contributed by atoms with Crippen LogP contribution < -0.4 is 9.47 Å². The van der Waals surface area contributed by atoms with Crippen molar-refractivity contribution in [2.24, 2.45) is 0 Å². The standard InChI is InChI=1S/C60H97O15P/c1-6-8-10-12-14-16-18-20-22-24-26-28-30-33-51(61)70-43-48(44-71-52(62)34-31-29-27-25-23-21-19-17-15-13-11-9-7-2)73-55(65)41-40-53(63)69-42-32-35-54(64)74-59-49(38-36-46(3)37-39-56(66)75-76)58(68-5)47(4)50-45-72-60(67)57(50)59/h36,48H,6-35,37-45,76H2,1-5H3/b46-36+. The third-order valence-electron chi connectivity index (χ3n) is 13.8. The van der Waals surface area contributed by atoms with Crippen molar-refractivity contribution in [1.82, 2.24) is 0 Å². The molecule has 0 N–H and O–H groups in total.